The van der Waals surface area contributed by atoms with E-state index in [-0.39, 0.29) is 21.2 Å². The standard InChI is InChI=1S/C15H15ClI/c1-10-8-12(3)15(9-11(10)2)17-14-6-4-13(16)5-7-14/h4-9H,1-3H3/q+1. The van der Waals surface area contributed by atoms with Crippen LogP contribution in [0.25, 0.3) is 0 Å². The van der Waals surface area contributed by atoms with Crippen LogP contribution in [0.3, 0.4) is 0 Å². The van der Waals surface area contributed by atoms with Gasteiger partial charge in [0.1, 0.15) is 0 Å². The Hall–Kier alpha value is -0.540. The Balaban J connectivity index is 2.30. The summed E-state index contributed by atoms with van der Waals surface area (Å²) in [7, 11) is 0. The monoisotopic (exact) mass is 357 g/mol. The zero-order chi connectivity index (χ0) is 12.4. The molecule has 17 heavy (non-hydrogen) atoms. The molecular weight excluding hydrogens is 343 g/mol. The molecule has 2 aromatic rings. The van der Waals surface area contributed by atoms with E-state index in [1.54, 1.807) is 0 Å². The maximum Gasteiger partial charge on any atom is 0.358 e. The minimum Gasteiger partial charge on any atom is -0.0843 e. The average Bonchev–Trinajstić information content (AvgIpc) is 2.29. The Labute approximate surface area is 118 Å². The van der Waals surface area contributed by atoms with Gasteiger partial charge in [-0.25, -0.2) is 0 Å². The first kappa shape index (κ1) is 12.9. The Kier molecular flexibility index (Phi) is 4.10. The van der Waals surface area contributed by atoms with Crippen molar-refractivity contribution in [1.29, 1.82) is 0 Å². The van der Waals surface area contributed by atoms with E-state index in [1.807, 2.05) is 12.1 Å². The minimum absolute atomic E-state index is 0.0940. The summed E-state index contributed by atoms with van der Waals surface area (Å²) in [6.07, 6.45) is 0. The molecule has 0 saturated heterocycles. The highest BCUT2D eigenvalue weighted by molar-refractivity contribution is 6.30. The fourth-order valence-electron chi connectivity index (χ4n) is 1.64. The zero-order valence-corrected chi connectivity index (χ0v) is 13.1. The van der Waals surface area contributed by atoms with Crippen LogP contribution in [0.4, 0.5) is 0 Å². The van der Waals surface area contributed by atoms with E-state index in [0.717, 1.165) is 5.02 Å². The van der Waals surface area contributed by atoms with Crippen LogP contribution in [0.5, 0.6) is 0 Å². The molecule has 0 radical (unpaired) electrons. The first-order valence-corrected chi connectivity index (χ1v) is 8.08. The summed E-state index contributed by atoms with van der Waals surface area (Å²) in [4.78, 5) is 0. The molecule has 2 rings (SSSR count). The molecule has 0 heterocycles. The summed E-state index contributed by atoms with van der Waals surface area (Å²) in [5.41, 5.74) is 4.18. The van der Waals surface area contributed by atoms with Gasteiger partial charge in [-0.05, 0) is 62.2 Å². The molecule has 2 aromatic carbocycles. The molecule has 0 fully saturated rings. The lowest BCUT2D eigenvalue weighted by Gasteiger charge is -2.01. The molecule has 0 N–H and O–H groups in total. The fraction of sp³-hybridized carbons (Fsp3) is 0.200. The maximum absolute atomic E-state index is 5.90. The van der Waals surface area contributed by atoms with Gasteiger partial charge in [-0.1, -0.05) is 17.7 Å². The summed E-state index contributed by atoms with van der Waals surface area (Å²) in [6, 6.07) is 12.9. The average molecular weight is 358 g/mol. The molecule has 0 unspecified atom stereocenters. The van der Waals surface area contributed by atoms with Gasteiger partial charge in [0.2, 0.25) is 0 Å². The second-order valence-corrected chi connectivity index (χ2v) is 7.60. The van der Waals surface area contributed by atoms with E-state index < -0.39 is 0 Å². The lowest BCUT2D eigenvalue weighted by Crippen LogP contribution is -3.61. The fourth-order valence-corrected chi connectivity index (χ4v) is 4.36. The largest absolute Gasteiger partial charge is 0.358 e. The maximum atomic E-state index is 5.90. The Morgan fingerprint density at radius 2 is 1.41 bits per heavy atom. The first-order chi connectivity index (χ1) is 8.06. The van der Waals surface area contributed by atoms with Crippen LogP contribution < -0.4 is 21.2 Å². The second kappa shape index (κ2) is 5.40. The summed E-state index contributed by atoms with van der Waals surface area (Å²) < 4.78 is 2.92. The lowest BCUT2D eigenvalue weighted by atomic mass is 10.1. The molecular formula is C15H15ClI+. The van der Waals surface area contributed by atoms with Crippen molar-refractivity contribution in [3.05, 3.63) is 65.3 Å². The van der Waals surface area contributed by atoms with Crippen LogP contribution in [-0.2, 0) is 0 Å². The van der Waals surface area contributed by atoms with Crippen molar-refractivity contribution < 1.29 is 21.2 Å². The van der Waals surface area contributed by atoms with Gasteiger partial charge in [-0.2, -0.15) is 0 Å². The number of hydrogen-bond donors (Lipinski definition) is 0. The third-order valence-corrected chi connectivity index (χ3v) is 6.13. The van der Waals surface area contributed by atoms with Crippen LogP contribution in [0.2, 0.25) is 5.02 Å². The molecule has 2 heteroatoms. The first-order valence-electron chi connectivity index (χ1n) is 5.54. The summed E-state index contributed by atoms with van der Waals surface area (Å²) in [5.74, 6) is 0. The summed E-state index contributed by atoms with van der Waals surface area (Å²) in [5, 5.41) is 0.814. The van der Waals surface area contributed by atoms with Gasteiger partial charge in [0.25, 0.3) is 0 Å². The Bertz CT molecular complexity index is 529. The van der Waals surface area contributed by atoms with E-state index >= 15 is 0 Å². The van der Waals surface area contributed by atoms with E-state index in [2.05, 4.69) is 45.0 Å². The van der Waals surface area contributed by atoms with E-state index in [1.165, 1.54) is 23.8 Å². The number of hydrogen-bond acceptors (Lipinski definition) is 0. The Morgan fingerprint density at radius 3 is 2.06 bits per heavy atom. The molecule has 0 aromatic heterocycles. The van der Waals surface area contributed by atoms with Crippen molar-refractivity contribution in [2.24, 2.45) is 0 Å². The third-order valence-electron chi connectivity index (χ3n) is 2.79. The lowest BCUT2D eigenvalue weighted by molar-refractivity contribution is -0.598. The zero-order valence-electron chi connectivity index (χ0n) is 10.2. The van der Waals surface area contributed by atoms with Crippen molar-refractivity contribution in [3.8, 4) is 0 Å². The van der Waals surface area contributed by atoms with E-state index in [0.29, 0.717) is 0 Å². The highest BCUT2D eigenvalue weighted by Crippen LogP contribution is 2.09. The third kappa shape index (κ3) is 3.23. The van der Waals surface area contributed by atoms with Crippen molar-refractivity contribution in [2.75, 3.05) is 0 Å². The van der Waals surface area contributed by atoms with Crippen molar-refractivity contribution in [2.45, 2.75) is 20.8 Å². The van der Waals surface area contributed by atoms with Crippen LogP contribution in [-0.4, -0.2) is 0 Å². The molecule has 0 nitrogen and oxygen atoms in total. The van der Waals surface area contributed by atoms with Crippen molar-refractivity contribution >= 4 is 11.6 Å². The molecule has 0 saturated carbocycles. The van der Waals surface area contributed by atoms with Gasteiger partial charge >= 0.3 is 21.2 Å². The topological polar surface area (TPSA) is 0 Å². The number of rotatable bonds is 2. The van der Waals surface area contributed by atoms with E-state index in [9.17, 15) is 0 Å². The number of halogens is 2. The summed E-state index contributed by atoms with van der Waals surface area (Å²) in [6.45, 7) is 6.56. The van der Waals surface area contributed by atoms with Gasteiger partial charge < -0.3 is 0 Å². The van der Waals surface area contributed by atoms with Gasteiger partial charge in [0, 0.05) is 10.6 Å². The Morgan fingerprint density at radius 1 is 0.824 bits per heavy atom. The predicted octanol–water partition coefficient (Wildman–Crippen LogP) is 1.39. The van der Waals surface area contributed by atoms with Gasteiger partial charge in [0.05, 0.1) is 0 Å². The normalized spacial score (nSPS) is 10.6. The smallest absolute Gasteiger partial charge is 0.0843 e. The SMILES string of the molecule is Cc1cc(C)c([I+]c2ccc(Cl)cc2)cc1C. The van der Waals surface area contributed by atoms with Gasteiger partial charge in [0.15, 0.2) is 7.14 Å². The molecule has 0 aliphatic heterocycles. The molecule has 0 atom stereocenters. The molecule has 0 spiro atoms. The van der Waals surface area contributed by atoms with Crippen molar-refractivity contribution in [3.63, 3.8) is 0 Å². The molecule has 0 aliphatic carbocycles. The molecule has 0 amide bonds. The molecule has 0 aliphatic rings. The van der Waals surface area contributed by atoms with Gasteiger partial charge in [-0.3, -0.25) is 0 Å². The molecule has 88 valence electrons. The quantitative estimate of drug-likeness (QED) is 0.713. The molecule has 0 bridgehead atoms. The van der Waals surface area contributed by atoms with Crippen LogP contribution in [0, 0.1) is 27.9 Å². The summed E-state index contributed by atoms with van der Waals surface area (Å²) >= 11 is 5.81. The second-order valence-electron chi connectivity index (χ2n) is 4.22. The number of benzene rings is 2. The number of aryl methyl sites for hydroxylation is 3. The van der Waals surface area contributed by atoms with Crippen LogP contribution in [0.15, 0.2) is 36.4 Å². The van der Waals surface area contributed by atoms with Crippen LogP contribution in [0.1, 0.15) is 16.7 Å². The van der Waals surface area contributed by atoms with Crippen molar-refractivity contribution in [1.82, 2.24) is 0 Å². The van der Waals surface area contributed by atoms with Crippen LogP contribution >= 0.6 is 11.6 Å². The van der Waals surface area contributed by atoms with E-state index in [4.69, 9.17) is 11.6 Å². The van der Waals surface area contributed by atoms with Gasteiger partial charge in [-0.15, -0.1) is 0 Å². The highest BCUT2D eigenvalue weighted by Gasteiger charge is 2.18. The minimum atomic E-state index is -0.0940. The predicted molar refractivity (Wildman–Crippen MR) is 69.5 cm³/mol. The highest BCUT2D eigenvalue weighted by atomic mass is 127.